The van der Waals surface area contributed by atoms with Gasteiger partial charge in [0, 0.05) is 56.0 Å². The fraction of sp³-hybridized carbons (Fsp3) is 0.409. The Balaban J connectivity index is 1.33. The molecule has 6 nitrogen and oxygen atoms in total. The molecular formula is C22H23N3O3. The summed E-state index contributed by atoms with van der Waals surface area (Å²) in [5, 5.41) is 0. The standard InChI is InChI=1S/C22H23N3O3/c26-20-8-4-7-19-16-9-15(12-25(19)20)11-23(13-16)22(28)17-10-21(27)24(14-17)18-5-2-1-3-6-18/h1-8,15-17H,9-14H2/t15-,16+,17?/m1/s1. The number of rotatable bonds is 2. The van der Waals surface area contributed by atoms with Gasteiger partial charge in [-0.25, -0.2) is 0 Å². The second kappa shape index (κ2) is 6.62. The van der Waals surface area contributed by atoms with Crippen molar-refractivity contribution in [3.05, 3.63) is 64.6 Å². The highest BCUT2D eigenvalue weighted by molar-refractivity contribution is 6.00. The number of pyridine rings is 1. The maximum atomic E-state index is 13.2. The molecule has 4 heterocycles. The zero-order valence-corrected chi connectivity index (χ0v) is 15.7. The van der Waals surface area contributed by atoms with Crippen molar-refractivity contribution >= 4 is 17.5 Å². The minimum absolute atomic E-state index is 0.0126. The maximum absolute atomic E-state index is 13.2. The van der Waals surface area contributed by atoms with E-state index in [4.69, 9.17) is 0 Å². The summed E-state index contributed by atoms with van der Waals surface area (Å²) in [6.45, 7) is 2.43. The minimum Gasteiger partial charge on any atom is -0.341 e. The zero-order valence-electron chi connectivity index (χ0n) is 15.7. The SMILES string of the molecule is O=C(C1CC(=O)N(c2ccccc2)C1)N1C[C@H]2C[C@@H](C1)c1cccc(=O)n1C2. The van der Waals surface area contributed by atoms with Crippen molar-refractivity contribution in [3.8, 4) is 0 Å². The number of aromatic nitrogens is 1. The van der Waals surface area contributed by atoms with Gasteiger partial charge in [-0.15, -0.1) is 0 Å². The van der Waals surface area contributed by atoms with E-state index in [1.807, 2.05) is 51.9 Å². The Hall–Kier alpha value is -2.89. The second-order valence-corrected chi connectivity index (χ2v) is 8.18. The van der Waals surface area contributed by atoms with Crippen LogP contribution in [0.15, 0.2) is 53.3 Å². The molecule has 0 aliphatic carbocycles. The monoisotopic (exact) mass is 377 g/mol. The van der Waals surface area contributed by atoms with Crippen molar-refractivity contribution in [1.29, 1.82) is 0 Å². The average Bonchev–Trinajstić information content (AvgIpc) is 3.10. The lowest BCUT2D eigenvalue weighted by molar-refractivity contribution is -0.138. The third-order valence-electron chi connectivity index (χ3n) is 6.33. The van der Waals surface area contributed by atoms with Crippen molar-refractivity contribution in [2.24, 2.45) is 11.8 Å². The molecule has 6 heteroatoms. The molecule has 0 spiro atoms. The van der Waals surface area contributed by atoms with Gasteiger partial charge in [0.1, 0.15) is 0 Å². The first-order valence-corrected chi connectivity index (χ1v) is 9.94. The first-order valence-electron chi connectivity index (χ1n) is 9.94. The number of fused-ring (bicyclic) bond motifs is 4. The zero-order chi connectivity index (χ0) is 19.3. The highest BCUT2D eigenvalue weighted by atomic mass is 16.2. The topological polar surface area (TPSA) is 62.6 Å². The summed E-state index contributed by atoms with van der Waals surface area (Å²) in [4.78, 5) is 41.5. The van der Waals surface area contributed by atoms with Crippen LogP contribution in [0.4, 0.5) is 5.69 Å². The van der Waals surface area contributed by atoms with Gasteiger partial charge in [0.05, 0.1) is 5.92 Å². The van der Waals surface area contributed by atoms with Crippen LogP contribution in [0.25, 0.3) is 0 Å². The molecule has 0 N–H and O–H groups in total. The Morgan fingerprint density at radius 2 is 1.71 bits per heavy atom. The summed E-state index contributed by atoms with van der Waals surface area (Å²) in [5.41, 5.74) is 1.94. The van der Waals surface area contributed by atoms with Crippen molar-refractivity contribution in [1.82, 2.24) is 9.47 Å². The largest absolute Gasteiger partial charge is 0.341 e. The Bertz CT molecular complexity index is 984. The lowest BCUT2D eigenvalue weighted by Crippen LogP contribution is -2.50. The Labute approximate surface area is 163 Å². The van der Waals surface area contributed by atoms with Gasteiger partial charge in [0.2, 0.25) is 11.8 Å². The number of amides is 2. The van der Waals surface area contributed by atoms with Crippen LogP contribution in [0.3, 0.4) is 0 Å². The van der Waals surface area contributed by atoms with Gasteiger partial charge in [-0.2, -0.15) is 0 Å². The number of carbonyl (C=O) groups excluding carboxylic acids is 2. The molecule has 2 saturated heterocycles. The second-order valence-electron chi connectivity index (χ2n) is 8.18. The van der Waals surface area contributed by atoms with Crippen LogP contribution in [-0.2, 0) is 16.1 Å². The average molecular weight is 377 g/mol. The normalized spacial score (nSPS) is 26.3. The number of carbonyl (C=O) groups is 2. The van der Waals surface area contributed by atoms with Crippen molar-refractivity contribution in [3.63, 3.8) is 0 Å². The van der Waals surface area contributed by atoms with Crippen molar-refractivity contribution in [2.45, 2.75) is 25.3 Å². The highest BCUT2D eigenvalue weighted by Gasteiger charge is 2.41. The van der Waals surface area contributed by atoms with Gasteiger partial charge >= 0.3 is 0 Å². The third-order valence-corrected chi connectivity index (χ3v) is 6.33. The summed E-state index contributed by atoms with van der Waals surface area (Å²) in [6.07, 6.45) is 1.29. The molecule has 0 saturated carbocycles. The predicted molar refractivity (Wildman–Crippen MR) is 105 cm³/mol. The van der Waals surface area contributed by atoms with Crippen LogP contribution in [0.5, 0.6) is 0 Å². The summed E-state index contributed by atoms with van der Waals surface area (Å²) >= 11 is 0. The molecule has 1 unspecified atom stereocenters. The van der Waals surface area contributed by atoms with Gasteiger partial charge in [0.15, 0.2) is 0 Å². The van der Waals surface area contributed by atoms with Crippen LogP contribution < -0.4 is 10.5 Å². The summed E-state index contributed by atoms with van der Waals surface area (Å²) < 4.78 is 1.87. The van der Waals surface area contributed by atoms with Crippen LogP contribution in [0, 0.1) is 11.8 Å². The quantitative estimate of drug-likeness (QED) is 0.802. The molecule has 3 aliphatic heterocycles. The van der Waals surface area contributed by atoms with Gasteiger partial charge in [0.25, 0.3) is 5.56 Å². The van der Waals surface area contributed by atoms with Crippen LogP contribution in [0.2, 0.25) is 0 Å². The summed E-state index contributed by atoms with van der Waals surface area (Å²) in [7, 11) is 0. The summed E-state index contributed by atoms with van der Waals surface area (Å²) in [6, 6.07) is 15.0. The van der Waals surface area contributed by atoms with Crippen molar-refractivity contribution in [2.75, 3.05) is 24.5 Å². The molecule has 5 rings (SSSR count). The van der Waals surface area contributed by atoms with Gasteiger partial charge in [-0.3, -0.25) is 14.4 Å². The van der Waals surface area contributed by atoms with Gasteiger partial charge < -0.3 is 14.4 Å². The number of benzene rings is 1. The lowest BCUT2D eigenvalue weighted by Gasteiger charge is -2.43. The number of hydrogen-bond acceptors (Lipinski definition) is 3. The summed E-state index contributed by atoms with van der Waals surface area (Å²) in [5.74, 6) is 0.307. The molecule has 1 aromatic heterocycles. The van der Waals surface area contributed by atoms with E-state index in [-0.39, 0.29) is 35.6 Å². The van der Waals surface area contributed by atoms with E-state index < -0.39 is 0 Å². The smallest absolute Gasteiger partial charge is 0.250 e. The number of anilines is 1. The highest BCUT2D eigenvalue weighted by Crippen LogP contribution is 2.36. The molecule has 28 heavy (non-hydrogen) atoms. The molecule has 144 valence electrons. The Kier molecular flexibility index (Phi) is 4.07. The van der Waals surface area contributed by atoms with E-state index in [1.54, 1.807) is 11.0 Å². The maximum Gasteiger partial charge on any atom is 0.250 e. The lowest BCUT2D eigenvalue weighted by atomic mass is 9.82. The van der Waals surface area contributed by atoms with E-state index in [1.165, 1.54) is 0 Å². The molecule has 2 fully saturated rings. The fourth-order valence-corrected chi connectivity index (χ4v) is 5.07. The molecule has 3 atom stereocenters. The number of piperidine rings is 1. The fourth-order valence-electron chi connectivity index (χ4n) is 5.07. The van der Waals surface area contributed by atoms with Gasteiger partial charge in [-0.1, -0.05) is 24.3 Å². The number of hydrogen-bond donors (Lipinski definition) is 0. The van der Waals surface area contributed by atoms with Crippen LogP contribution in [-0.4, -0.2) is 40.9 Å². The molecule has 1 aromatic carbocycles. The Morgan fingerprint density at radius 3 is 2.54 bits per heavy atom. The van der Waals surface area contributed by atoms with Crippen LogP contribution >= 0.6 is 0 Å². The first kappa shape index (κ1) is 17.2. The van der Waals surface area contributed by atoms with E-state index in [9.17, 15) is 14.4 Å². The van der Waals surface area contributed by atoms with E-state index in [0.717, 1.165) is 17.8 Å². The molecular weight excluding hydrogens is 354 g/mol. The van der Waals surface area contributed by atoms with E-state index in [2.05, 4.69) is 0 Å². The predicted octanol–water partition coefficient (Wildman–Crippen LogP) is 1.85. The van der Waals surface area contributed by atoms with E-state index >= 15 is 0 Å². The van der Waals surface area contributed by atoms with Crippen molar-refractivity contribution < 1.29 is 9.59 Å². The Morgan fingerprint density at radius 1 is 0.893 bits per heavy atom. The molecule has 0 radical (unpaired) electrons. The number of likely N-dealkylation sites (tertiary alicyclic amines) is 1. The third kappa shape index (κ3) is 2.84. The van der Waals surface area contributed by atoms with Gasteiger partial charge in [-0.05, 0) is 30.5 Å². The molecule has 3 aliphatic rings. The number of nitrogens with zero attached hydrogens (tertiary/aromatic N) is 3. The van der Waals surface area contributed by atoms with E-state index in [0.29, 0.717) is 32.1 Å². The minimum atomic E-state index is -0.288. The molecule has 2 bridgehead atoms. The first-order chi connectivity index (χ1) is 13.6. The molecule has 2 amide bonds. The van der Waals surface area contributed by atoms with Crippen LogP contribution in [0.1, 0.15) is 24.5 Å². The molecule has 2 aromatic rings. The number of para-hydroxylation sites is 1.